The summed E-state index contributed by atoms with van der Waals surface area (Å²) in [6, 6.07) is 16.8. The molecule has 0 radical (unpaired) electrons. The minimum atomic E-state index is -0.600. The highest BCUT2D eigenvalue weighted by atomic mass is 16.5. The molecule has 2 amide bonds. The summed E-state index contributed by atoms with van der Waals surface area (Å²) in [5.41, 5.74) is 2.18. The van der Waals surface area contributed by atoms with Crippen LogP contribution in [0.5, 0.6) is 5.75 Å². The van der Waals surface area contributed by atoms with E-state index in [0.717, 1.165) is 5.56 Å². The monoisotopic (exact) mass is 396 g/mol. The molecule has 2 aromatic carbocycles. The highest BCUT2D eigenvalue weighted by Gasteiger charge is 2.26. The zero-order chi connectivity index (χ0) is 21.4. The Morgan fingerprint density at radius 3 is 2.10 bits per heavy atom. The maximum atomic E-state index is 12.9. The number of hydrogen-bond donors (Lipinski definition) is 1. The minimum Gasteiger partial charge on any atom is -0.484 e. The van der Waals surface area contributed by atoms with Gasteiger partial charge in [0.2, 0.25) is 5.91 Å². The van der Waals surface area contributed by atoms with Crippen LogP contribution in [0.3, 0.4) is 0 Å². The van der Waals surface area contributed by atoms with Gasteiger partial charge < -0.3 is 15.0 Å². The molecular formula is C24H32N2O3. The maximum absolute atomic E-state index is 12.9. The normalized spacial score (nSPS) is 12.0. The van der Waals surface area contributed by atoms with E-state index < -0.39 is 6.04 Å². The van der Waals surface area contributed by atoms with Gasteiger partial charge in [-0.1, -0.05) is 56.3 Å². The Morgan fingerprint density at radius 2 is 1.55 bits per heavy atom. The predicted molar refractivity (Wildman–Crippen MR) is 116 cm³/mol. The smallest absolute Gasteiger partial charge is 0.261 e. The van der Waals surface area contributed by atoms with E-state index in [1.54, 1.807) is 11.8 Å². The third-order valence-electron chi connectivity index (χ3n) is 4.70. The Labute approximate surface area is 174 Å². The molecule has 1 N–H and O–H groups in total. The Kier molecular flexibility index (Phi) is 8.25. The van der Waals surface area contributed by atoms with E-state index in [2.05, 4.69) is 19.2 Å². The molecule has 5 heteroatoms. The molecule has 0 heterocycles. The van der Waals surface area contributed by atoms with Crippen molar-refractivity contribution in [2.45, 2.75) is 59.2 Å². The molecule has 1 atom stereocenters. The highest BCUT2D eigenvalue weighted by molar-refractivity contribution is 5.88. The molecule has 0 aromatic heterocycles. The predicted octanol–water partition coefficient (Wildman–Crippen LogP) is 4.13. The molecule has 0 aliphatic carbocycles. The lowest BCUT2D eigenvalue weighted by molar-refractivity contribution is -0.142. The van der Waals surface area contributed by atoms with Crippen molar-refractivity contribution in [2.75, 3.05) is 6.61 Å². The van der Waals surface area contributed by atoms with Crippen LogP contribution in [-0.2, 0) is 16.1 Å². The number of hydrogen-bond acceptors (Lipinski definition) is 3. The van der Waals surface area contributed by atoms with E-state index in [4.69, 9.17) is 4.74 Å². The van der Waals surface area contributed by atoms with Gasteiger partial charge in [-0.2, -0.15) is 0 Å². The molecule has 0 bridgehead atoms. The van der Waals surface area contributed by atoms with Crippen LogP contribution in [0.1, 0.15) is 51.7 Å². The van der Waals surface area contributed by atoms with Crippen LogP contribution in [0.25, 0.3) is 0 Å². The fourth-order valence-corrected chi connectivity index (χ4v) is 2.94. The first-order valence-electron chi connectivity index (χ1n) is 10.1. The Bertz CT molecular complexity index is 786. The van der Waals surface area contributed by atoms with Crippen molar-refractivity contribution >= 4 is 11.8 Å². The fraction of sp³-hybridized carbons (Fsp3) is 0.417. The Hall–Kier alpha value is -2.82. The Morgan fingerprint density at radius 1 is 0.931 bits per heavy atom. The maximum Gasteiger partial charge on any atom is 0.261 e. The molecule has 29 heavy (non-hydrogen) atoms. The first-order valence-corrected chi connectivity index (χ1v) is 10.1. The summed E-state index contributed by atoms with van der Waals surface area (Å²) in [7, 11) is 0. The number of carbonyl (C=O) groups excluding carboxylic acids is 2. The number of benzene rings is 2. The summed E-state index contributed by atoms with van der Waals surface area (Å²) in [5, 5.41) is 2.88. The van der Waals surface area contributed by atoms with Crippen LogP contribution in [0.4, 0.5) is 0 Å². The van der Waals surface area contributed by atoms with Gasteiger partial charge in [-0.3, -0.25) is 9.59 Å². The molecule has 0 aliphatic rings. The van der Waals surface area contributed by atoms with Crippen molar-refractivity contribution in [3.8, 4) is 5.75 Å². The molecule has 0 fully saturated rings. The van der Waals surface area contributed by atoms with Crippen LogP contribution >= 0.6 is 0 Å². The van der Waals surface area contributed by atoms with Crippen LogP contribution in [0.2, 0.25) is 0 Å². The van der Waals surface area contributed by atoms with E-state index >= 15 is 0 Å². The van der Waals surface area contributed by atoms with Crippen LogP contribution in [0, 0.1) is 0 Å². The van der Waals surface area contributed by atoms with Crippen molar-refractivity contribution in [1.29, 1.82) is 0 Å². The number of ether oxygens (including phenoxy) is 1. The number of carbonyl (C=O) groups is 2. The van der Waals surface area contributed by atoms with E-state index in [1.165, 1.54) is 5.56 Å². The van der Waals surface area contributed by atoms with Crippen molar-refractivity contribution in [2.24, 2.45) is 0 Å². The van der Waals surface area contributed by atoms with Gasteiger partial charge in [0.25, 0.3) is 5.91 Å². The van der Waals surface area contributed by atoms with Crippen LogP contribution < -0.4 is 10.1 Å². The molecule has 0 saturated carbocycles. The van der Waals surface area contributed by atoms with Gasteiger partial charge in [0.15, 0.2) is 6.61 Å². The zero-order valence-corrected chi connectivity index (χ0v) is 18.0. The van der Waals surface area contributed by atoms with Gasteiger partial charge in [0, 0.05) is 12.6 Å². The lowest BCUT2D eigenvalue weighted by Crippen LogP contribution is -2.50. The number of nitrogens with zero attached hydrogens (tertiary/aromatic N) is 1. The second-order valence-corrected chi connectivity index (χ2v) is 7.86. The summed E-state index contributed by atoms with van der Waals surface area (Å²) >= 11 is 0. The van der Waals surface area contributed by atoms with Crippen LogP contribution in [-0.4, -0.2) is 35.4 Å². The van der Waals surface area contributed by atoms with Crippen molar-refractivity contribution in [3.05, 3.63) is 65.7 Å². The van der Waals surface area contributed by atoms with Crippen LogP contribution in [0.15, 0.2) is 54.6 Å². The van der Waals surface area contributed by atoms with Gasteiger partial charge in [-0.05, 0) is 49.9 Å². The molecular weight excluding hydrogens is 364 g/mol. The second-order valence-electron chi connectivity index (χ2n) is 7.86. The number of nitrogens with one attached hydrogen (secondary N) is 1. The van der Waals surface area contributed by atoms with E-state index in [9.17, 15) is 9.59 Å². The number of amides is 2. The van der Waals surface area contributed by atoms with Gasteiger partial charge in [0.1, 0.15) is 11.8 Å². The third kappa shape index (κ3) is 6.93. The molecule has 0 saturated heterocycles. The molecule has 2 aromatic rings. The molecule has 156 valence electrons. The third-order valence-corrected chi connectivity index (χ3v) is 4.70. The second kappa shape index (κ2) is 10.6. The summed E-state index contributed by atoms with van der Waals surface area (Å²) in [4.78, 5) is 27.0. The first kappa shape index (κ1) is 22.5. The Balaban J connectivity index is 2.09. The average molecular weight is 397 g/mol. The standard InChI is InChI=1S/C24H32N2O3/c1-17(2)21-11-13-22(14-12-21)29-16-23(27)26(15-20-9-7-6-8-10-20)19(5)24(28)25-18(3)4/h6-14,17-19H,15-16H2,1-5H3,(H,25,28)/t19-/m0/s1. The first-order chi connectivity index (χ1) is 13.8. The zero-order valence-electron chi connectivity index (χ0n) is 18.0. The van der Waals surface area contributed by atoms with E-state index in [-0.39, 0.29) is 24.5 Å². The highest BCUT2D eigenvalue weighted by Crippen LogP contribution is 2.19. The number of rotatable bonds is 9. The largest absolute Gasteiger partial charge is 0.484 e. The fourth-order valence-electron chi connectivity index (χ4n) is 2.94. The van der Waals surface area contributed by atoms with Crippen molar-refractivity contribution in [1.82, 2.24) is 10.2 Å². The summed E-state index contributed by atoms with van der Waals surface area (Å²) < 4.78 is 5.71. The molecule has 2 rings (SSSR count). The lowest BCUT2D eigenvalue weighted by atomic mass is 10.0. The molecule has 5 nitrogen and oxygen atoms in total. The molecule has 0 unspecified atom stereocenters. The molecule has 0 aliphatic heterocycles. The summed E-state index contributed by atoms with van der Waals surface area (Å²) in [6.07, 6.45) is 0. The SMILES string of the molecule is CC(C)NC(=O)[C@H](C)N(Cc1ccccc1)C(=O)COc1ccc(C(C)C)cc1. The van der Waals surface area contributed by atoms with Gasteiger partial charge in [0.05, 0.1) is 0 Å². The quantitative estimate of drug-likeness (QED) is 0.693. The topological polar surface area (TPSA) is 58.6 Å². The lowest BCUT2D eigenvalue weighted by Gasteiger charge is -2.29. The van der Waals surface area contributed by atoms with Crippen molar-refractivity contribution in [3.63, 3.8) is 0 Å². The average Bonchev–Trinajstić information content (AvgIpc) is 2.70. The summed E-state index contributed by atoms with van der Waals surface area (Å²) in [6.45, 7) is 10.0. The van der Waals surface area contributed by atoms with Crippen molar-refractivity contribution < 1.29 is 14.3 Å². The van der Waals surface area contributed by atoms with Gasteiger partial charge in [-0.15, -0.1) is 0 Å². The minimum absolute atomic E-state index is 0.00866. The van der Waals surface area contributed by atoms with E-state index in [0.29, 0.717) is 18.2 Å². The summed E-state index contributed by atoms with van der Waals surface area (Å²) in [5.74, 6) is 0.674. The molecule has 0 spiro atoms. The van der Waals surface area contributed by atoms with Gasteiger partial charge >= 0.3 is 0 Å². The van der Waals surface area contributed by atoms with Gasteiger partial charge in [-0.25, -0.2) is 0 Å². The van der Waals surface area contributed by atoms with E-state index in [1.807, 2.05) is 68.4 Å².